The summed E-state index contributed by atoms with van der Waals surface area (Å²) in [4.78, 5) is 23.8. The Morgan fingerprint density at radius 1 is 1.08 bits per heavy atom. The lowest BCUT2D eigenvalue weighted by Crippen LogP contribution is -2.32. The summed E-state index contributed by atoms with van der Waals surface area (Å²) < 4.78 is 9.86. The summed E-state index contributed by atoms with van der Waals surface area (Å²) in [6.45, 7) is 1.72. The number of anilines is 2. The van der Waals surface area contributed by atoms with Crippen LogP contribution < -0.4 is 15.4 Å². The van der Waals surface area contributed by atoms with Crippen LogP contribution in [0.3, 0.4) is 0 Å². The molecule has 0 saturated heterocycles. The second-order valence-corrected chi connectivity index (χ2v) is 5.71. The lowest BCUT2D eigenvalue weighted by atomic mass is 10.2. The molecule has 0 aromatic heterocycles. The van der Waals surface area contributed by atoms with Gasteiger partial charge >= 0.3 is 5.97 Å². The topological polar surface area (TPSA) is 76.7 Å². The van der Waals surface area contributed by atoms with Crippen molar-refractivity contribution in [2.45, 2.75) is 13.0 Å². The van der Waals surface area contributed by atoms with Gasteiger partial charge in [-0.05, 0) is 49.4 Å². The van der Waals surface area contributed by atoms with Crippen molar-refractivity contribution in [3.05, 3.63) is 53.1 Å². The van der Waals surface area contributed by atoms with Crippen LogP contribution in [0.15, 0.2) is 42.5 Å². The number of amides is 1. The Bertz CT molecular complexity index is 762. The normalized spacial score (nSPS) is 11.4. The summed E-state index contributed by atoms with van der Waals surface area (Å²) in [5.74, 6) is -0.143. The fraction of sp³-hybridized carbons (Fsp3) is 0.222. The number of hydrogen-bond donors (Lipinski definition) is 2. The summed E-state index contributed by atoms with van der Waals surface area (Å²) in [5, 5.41) is 6.33. The van der Waals surface area contributed by atoms with E-state index in [9.17, 15) is 9.59 Å². The Morgan fingerprint density at radius 2 is 1.76 bits per heavy atom. The maximum Gasteiger partial charge on any atom is 0.337 e. The number of methoxy groups -OCH3 is 2. The van der Waals surface area contributed by atoms with Gasteiger partial charge in [0, 0.05) is 10.7 Å². The van der Waals surface area contributed by atoms with Crippen LogP contribution in [0.2, 0.25) is 5.02 Å². The molecule has 0 unspecified atom stereocenters. The molecule has 6 nitrogen and oxygen atoms in total. The van der Waals surface area contributed by atoms with Gasteiger partial charge in [-0.3, -0.25) is 4.79 Å². The lowest BCUT2D eigenvalue weighted by Gasteiger charge is -2.17. The third-order valence-corrected chi connectivity index (χ3v) is 3.74. The predicted molar refractivity (Wildman–Crippen MR) is 97.5 cm³/mol. The highest BCUT2D eigenvalue weighted by atomic mass is 35.5. The zero-order valence-electron chi connectivity index (χ0n) is 14.1. The van der Waals surface area contributed by atoms with Gasteiger partial charge in [-0.15, -0.1) is 0 Å². The van der Waals surface area contributed by atoms with Gasteiger partial charge in [0.25, 0.3) is 0 Å². The molecule has 0 saturated carbocycles. The Labute approximate surface area is 151 Å². The highest BCUT2D eigenvalue weighted by Crippen LogP contribution is 2.27. The molecule has 0 radical (unpaired) electrons. The molecule has 7 heteroatoms. The molecule has 2 aromatic rings. The molecule has 1 atom stereocenters. The molecule has 25 heavy (non-hydrogen) atoms. The van der Waals surface area contributed by atoms with E-state index in [-0.39, 0.29) is 5.91 Å². The number of benzene rings is 2. The molecule has 0 bridgehead atoms. The molecule has 1 amide bonds. The van der Waals surface area contributed by atoms with Crippen LogP contribution in [0.5, 0.6) is 5.75 Å². The Kier molecular flexibility index (Phi) is 6.25. The predicted octanol–water partition coefficient (Wildman–Crippen LogP) is 3.57. The maximum absolute atomic E-state index is 12.4. The molecule has 2 N–H and O–H groups in total. The van der Waals surface area contributed by atoms with Crippen LogP contribution >= 0.6 is 11.6 Å². The highest BCUT2D eigenvalue weighted by Gasteiger charge is 2.15. The SMILES string of the molecule is COC(=O)c1ccc(N[C@@H](C)C(=O)Nc2cc(Cl)ccc2OC)cc1. The smallest absolute Gasteiger partial charge is 0.337 e. The molecule has 0 spiro atoms. The van der Waals surface area contributed by atoms with Crippen LogP contribution in [-0.2, 0) is 9.53 Å². The summed E-state index contributed by atoms with van der Waals surface area (Å²) in [6.07, 6.45) is 0. The summed E-state index contributed by atoms with van der Waals surface area (Å²) in [7, 11) is 2.84. The van der Waals surface area contributed by atoms with Gasteiger partial charge in [0.2, 0.25) is 5.91 Å². The van der Waals surface area contributed by atoms with Crippen molar-refractivity contribution in [3.63, 3.8) is 0 Å². The fourth-order valence-electron chi connectivity index (χ4n) is 2.15. The van der Waals surface area contributed by atoms with E-state index in [1.54, 1.807) is 49.4 Å². The van der Waals surface area contributed by atoms with Gasteiger partial charge in [-0.1, -0.05) is 11.6 Å². The molecule has 0 heterocycles. The minimum absolute atomic E-state index is 0.252. The van der Waals surface area contributed by atoms with Crippen LogP contribution in [0.25, 0.3) is 0 Å². The van der Waals surface area contributed by atoms with Crippen LogP contribution in [-0.4, -0.2) is 32.1 Å². The first-order chi connectivity index (χ1) is 11.9. The quantitative estimate of drug-likeness (QED) is 0.768. The van der Waals surface area contributed by atoms with Gasteiger partial charge < -0.3 is 20.1 Å². The minimum Gasteiger partial charge on any atom is -0.495 e. The monoisotopic (exact) mass is 362 g/mol. The lowest BCUT2D eigenvalue weighted by molar-refractivity contribution is -0.116. The standard InChI is InChI=1S/C18H19ClN2O4/c1-11(20-14-7-4-12(5-8-14)18(23)25-3)17(22)21-15-10-13(19)6-9-16(15)24-2/h4-11,20H,1-3H3,(H,21,22)/t11-/m0/s1. The van der Waals surface area contributed by atoms with Crippen LogP contribution in [0.4, 0.5) is 11.4 Å². The Hall–Kier alpha value is -2.73. The molecule has 2 aromatic carbocycles. The van der Waals surface area contributed by atoms with Gasteiger partial charge in [0.1, 0.15) is 11.8 Å². The molecular weight excluding hydrogens is 344 g/mol. The first kappa shape index (κ1) is 18.6. The molecule has 0 aliphatic carbocycles. The van der Waals surface area contributed by atoms with Crippen molar-refractivity contribution in [2.24, 2.45) is 0 Å². The molecule has 0 fully saturated rings. The third-order valence-electron chi connectivity index (χ3n) is 3.50. The summed E-state index contributed by atoms with van der Waals surface area (Å²) in [5.41, 5.74) is 1.64. The highest BCUT2D eigenvalue weighted by molar-refractivity contribution is 6.31. The van der Waals surface area contributed by atoms with E-state index in [0.717, 1.165) is 0 Å². The summed E-state index contributed by atoms with van der Waals surface area (Å²) >= 11 is 5.96. The molecule has 0 aliphatic rings. The number of esters is 1. The van der Waals surface area contributed by atoms with E-state index in [2.05, 4.69) is 15.4 Å². The van der Waals surface area contributed by atoms with Crippen molar-refractivity contribution >= 4 is 34.9 Å². The second kappa shape index (κ2) is 8.39. The van der Waals surface area contributed by atoms with Gasteiger partial charge in [0.05, 0.1) is 25.5 Å². The largest absolute Gasteiger partial charge is 0.495 e. The van der Waals surface area contributed by atoms with Crippen LogP contribution in [0.1, 0.15) is 17.3 Å². The van der Waals surface area contributed by atoms with E-state index in [4.69, 9.17) is 16.3 Å². The molecule has 132 valence electrons. The number of ether oxygens (including phenoxy) is 2. The number of nitrogens with one attached hydrogen (secondary N) is 2. The van der Waals surface area contributed by atoms with Crippen molar-refractivity contribution in [2.75, 3.05) is 24.9 Å². The van der Waals surface area contributed by atoms with Crippen molar-refractivity contribution < 1.29 is 19.1 Å². The Morgan fingerprint density at radius 3 is 2.36 bits per heavy atom. The number of carbonyl (C=O) groups excluding carboxylic acids is 2. The number of hydrogen-bond acceptors (Lipinski definition) is 5. The van der Waals surface area contributed by atoms with Crippen molar-refractivity contribution in [1.82, 2.24) is 0 Å². The first-order valence-electron chi connectivity index (χ1n) is 7.54. The zero-order valence-corrected chi connectivity index (χ0v) is 14.9. The van der Waals surface area contributed by atoms with E-state index in [1.165, 1.54) is 14.2 Å². The summed E-state index contributed by atoms with van der Waals surface area (Å²) in [6, 6.07) is 11.1. The average molecular weight is 363 g/mol. The minimum atomic E-state index is -0.521. The fourth-order valence-corrected chi connectivity index (χ4v) is 2.33. The van der Waals surface area contributed by atoms with Crippen molar-refractivity contribution in [1.29, 1.82) is 0 Å². The first-order valence-corrected chi connectivity index (χ1v) is 7.91. The van der Waals surface area contributed by atoms with E-state index < -0.39 is 12.0 Å². The van der Waals surface area contributed by atoms with Gasteiger partial charge in [0.15, 0.2) is 0 Å². The molecule has 0 aliphatic heterocycles. The van der Waals surface area contributed by atoms with Crippen LogP contribution in [0, 0.1) is 0 Å². The van der Waals surface area contributed by atoms with Gasteiger partial charge in [-0.25, -0.2) is 4.79 Å². The average Bonchev–Trinajstić information content (AvgIpc) is 2.61. The van der Waals surface area contributed by atoms with Gasteiger partial charge in [-0.2, -0.15) is 0 Å². The molecule has 2 rings (SSSR count). The van der Waals surface area contributed by atoms with E-state index >= 15 is 0 Å². The number of halogens is 1. The third kappa shape index (κ3) is 4.87. The zero-order chi connectivity index (χ0) is 18.4. The van der Waals surface area contributed by atoms with E-state index in [1.807, 2.05) is 0 Å². The molecular formula is C18H19ClN2O4. The number of rotatable bonds is 6. The van der Waals surface area contributed by atoms with E-state index in [0.29, 0.717) is 27.7 Å². The Balaban J connectivity index is 2.03. The second-order valence-electron chi connectivity index (χ2n) is 5.27. The maximum atomic E-state index is 12.4. The van der Waals surface area contributed by atoms with Crippen molar-refractivity contribution in [3.8, 4) is 5.75 Å². The number of carbonyl (C=O) groups is 2.